The summed E-state index contributed by atoms with van der Waals surface area (Å²) in [5.74, 6) is -2.86. The minimum absolute atomic E-state index is 0.0170. The van der Waals surface area contributed by atoms with Crippen molar-refractivity contribution in [1.82, 2.24) is 5.32 Å². The Bertz CT molecular complexity index is 591. The van der Waals surface area contributed by atoms with Gasteiger partial charge in [-0.2, -0.15) is 0 Å². The molecule has 1 aromatic rings. The lowest BCUT2D eigenvalue weighted by atomic mass is 10.1. The normalized spacial score (nSPS) is 11.7. The summed E-state index contributed by atoms with van der Waals surface area (Å²) >= 11 is 3.85. The van der Waals surface area contributed by atoms with Gasteiger partial charge in [-0.1, -0.05) is 0 Å². The summed E-state index contributed by atoms with van der Waals surface area (Å²) in [6.07, 6.45) is -0.273. The van der Waals surface area contributed by atoms with E-state index in [2.05, 4.69) is 5.32 Å². The number of nitrogens with one attached hydrogen (secondary N) is 1. The zero-order valence-electron chi connectivity index (χ0n) is 10.6. The molecule has 0 aromatic heterocycles. The number of amides is 2. The van der Waals surface area contributed by atoms with Gasteiger partial charge in [-0.25, -0.2) is 4.79 Å². The molecule has 2 amide bonds. The van der Waals surface area contributed by atoms with Gasteiger partial charge in [0, 0.05) is 9.99 Å². The summed E-state index contributed by atoms with van der Waals surface area (Å²) < 4.78 is 1.21. The summed E-state index contributed by atoms with van der Waals surface area (Å²) in [6.45, 7) is 0. The summed E-state index contributed by atoms with van der Waals surface area (Å²) in [6, 6.07) is 1.87. The number of hydrogen-bond acceptors (Lipinski definition) is 4. The maximum Gasteiger partial charge on any atom is 0.326 e. The fraction of sp³-hybridized carbons (Fsp3) is 0.250. The third-order valence-electron chi connectivity index (χ3n) is 2.56. The summed E-state index contributed by atoms with van der Waals surface area (Å²) in [7, 11) is 0. The number of phenols is 1. The van der Waals surface area contributed by atoms with Gasteiger partial charge in [0.05, 0.1) is 9.13 Å². The molecular weight excluding hydrogens is 506 g/mol. The first-order valence-electron chi connectivity index (χ1n) is 5.72. The maximum absolute atomic E-state index is 12.1. The minimum Gasteiger partial charge on any atom is -0.506 e. The van der Waals surface area contributed by atoms with Crippen LogP contribution in [0.15, 0.2) is 12.1 Å². The molecule has 0 radical (unpaired) electrons. The number of nitrogens with two attached hydrogens (primary N) is 1. The van der Waals surface area contributed by atoms with E-state index in [1.807, 2.05) is 45.2 Å². The van der Waals surface area contributed by atoms with E-state index in [1.165, 1.54) is 6.07 Å². The highest BCUT2D eigenvalue weighted by Gasteiger charge is 2.23. The van der Waals surface area contributed by atoms with Crippen molar-refractivity contribution in [3.63, 3.8) is 0 Å². The van der Waals surface area contributed by atoms with E-state index in [-0.39, 0.29) is 24.2 Å². The predicted octanol–water partition coefficient (Wildman–Crippen LogP) is 1.05. The maximum atomic E-state index is 12.1. The number of rotatable bonds is 6. The zero-order chi connectivity index (χ0) is 16.2. The number of phenolic OH excluding ortho intramolecular Hbond substituents is 1. The van der Waals surface area contributed by atoms with Crippen LogP contribution >= 0.6 is 45.2 Å². The molecule has 0 saturated heterocycles. The molecule has 5 N–H and O–H groups in total. The van der Waals surface area contributed by atoms with Crippen LogP contribution in [0, 0.1) is 7.14 Å². The van der Waals surface area contributed by atoms with Crippen LogP contribution in [-0.4, -0.2) is 34.0 Å². The van der Waals surface area contributed by atoms with Crippen molar-refractivity contribution >= 4 is 63.0 Å². The average molecular weight is 518 g/mol. The summed E-state index contributed by atoms with van der Waals surface area (Å²) in [5.41, 5.74) is 4.94. The number of primary amides is 1. The van der Waals surface area contributed by atoms with Crippen LogP contribution in [0.3, 0.4) is 0 Å². The second-order valence-electron chi connectivity index (χ2n) is 4.15. The van der Waals surface area contributed by atoms with Crippen LogP contribution in [-0.2, 0) is 9.59 Å². The molecule has 0 bridgehead atoms. The summed E-state index contributed by atoms with van der Waals surface area (Å²) in [5, 5.41) is 21.2. The number of aliphatic carboxylic acids is 1. The number of carboxylic acid groups (broad SMARTS) is 1. The highest BCUT2D eigenvalue weighted by atomic mass is 127. The van der Waals surface area contributed by atoms with Crippen molar-refractivity contribution in [3.8, 4) is 5.75 Å². The third-order valence-corrected chi connectivity index (χ3v) is 4.00. The number of halogens is 2. The van der Waals surface area contributed by atoms with E-state index in [0.29, 0.717) is 3.57 Å². The van der Waals surface area contributed by atoms with E-state index >= 15 is 0 Å². The number of carbonyl (C=O) groups excluding carboxylic acids is 2. The molecule has 21 heavy (non-hydrogen) atoms. The van der Waals surface area contributed by atoms with E-state index in [1.54, 1.807) is 6.07 Å². The molecule has 0 saturated carbocycles. The van der Waals surface area contributed by atoms with Crippen LogP contribution in [0.5, 0.6) is 5.75 Å². The second kappa shape index (κ2) is 7.77. The molecule has 0 heterocycles. The van der Waals surface area contributed by atoms with Gasteiger partial charge in [0.15, 0.2) is 0 Å². The molecular formula is C12H12I2N2O5. The fourth-order valence-corrected chi connectivity index (χ4v) is 3.36. The smallest absolute Gasteiger partial charge is 0.326 e. The SMILES string of the molecule is NC(=O)CC[C@@H](NC(=O)c1cc(I)cc(I)c1O)C(=O)O. The minimum atomic E-state index is -1.27. The number of aromatic hydroxyl groups is 1. The number of carboxylic acids is 1. The molecule has 0 aliphatic carbocycles. The molecule has 0 spiro atoms. The van der Waals surface area contributed by atoms with Gasteiger partial charge >= 0.3 is 5.97 Å². The first-order valence-corrected chi connectivity index (χ1v) is 7.88. The summed E-state index contributed by atoms with van der Waals surface area (Å²) in [4.78, 5) is 33.8. The third kappa shape index (κ3) is 5.30. The van der Waals surface area contributed by atoms with E-state index < -0.39 is 23.8 Å². The number of hydrogen-bond donors (Lipinski definition) is 4. The van der Waals surface area contributed by atoms with Crippen LogP contribution in [0.4, 0.5) is 0 Å². The van der Waals surface area contributed by atoms with Gasteiger partial charge in [-0.3, -0.25) is 9.59 Å². The van der Waals surface area contributed by atoms with Gasteiger partial charge < -0.3 is 21.3 Å². The lowest BCUT2D eigenvalue weighted by Gasteiger charge is -2.15. The Balaban J connectivity index is 2.92. The molecule has 1 rings (SSSR count). The van der Waals surface area contributed by atoms with E-state index in [0.717, 1.165) is 3.57 Å². The van der Waals surface area contributed by atoms with Gasteiger partial charge in [-0.05, 0) is 63.7 Å². The highest BCUT2D eigenvalue weighted by molar-refractivity contribution is 14.1. The molecule has 0 unspecified atom stereocenters. The molecule has 7 nitrogen and oxygen atoms in total. The van der Waals surface area contributed by atoms with E-state index in [4.69, 9.17) is 10.8 Å². The molecule has 9 heteroatoms. The molecule has 1 atom stereocenters. The van der Waals surface area contributed by atoms with Gasteiger partial charge in [-0.15, -0.1) is 0 Å². The number of benzene rings is 1. The fourth-order valence-electron chi connectivity index (χ4n) is 1.52. The predicted molar refractivity (Wildman–Crippen MR) is 90.9 cm³/mol. The topological polar surface area (TPSA) is 130 Å². The zero-order valence-corrected chi connectivity index (χ0v) is 14.9. The van der Waals surface area contributed by atoms with Crippen molar-refractivity contribution in [2.24, 2.45) is 5.73 Å². The van der Waals surface area contributed by atoms with Crippen molar-refractivity contribution in [2.75, 3.05) is 0 Å². The van der Waals surface area contributed by atoms with Crippen LogP contribution in [0.2, 0.25) is 0 Å². The molecule has 0 aliphatic rings. The van der Waals surface area contributed by atoms with Crippen molar-refractivity contribution < 1.29 is 24.6 Å². The molecule has 114 valence electrons. The van der Waals surface area contributed by atoms with Crippen LogP contribution in [0.1, 0.15) is 23.2 Å². The Morgan fingerprint density at radius 3 is 2.43 bits per heavy atom. The quantitative estimate of drug-likeness (QED) is 0.419. The first kappa shape index (κ1) is 17.9. The van der Waals surface area contributed by atoms with Crippen molar-refractivity contribution in [3.05, 3.63) is 24.8 Å². The first-order chi connectivity index (χ1) is 9.72. The van der Waals surface area contributed by atoms with Crippen molar-refractivity contribution in [1.29, 1.82) is 0 Å². The van der Waals surface area contributed by atoms with Crippen LogP contribution in [0.25, 0.3) is 0 Å². The van der Waals surface area contributed by atoms with Gasteiger partial charge in [0.2, 0.25) is 5.91 Å². The Morgan fingerprint density at radius 2 is 1.90 bits per heavy atom. The molecule has 1 aromatic carbocycles. The second-order valence-corrected chi connectivity index (χ2v) is 6.56. The lowest BCUT2D eigenvalue weighted by molar-refractivity contribution is -0.139. The van der Waals surface area contributed by atoms with E-state index in [9.17, 15) is 19.5 Å². The highest BCUT2D eigenvalue weighted by Crippen LogP contribution is 2.27. The average Bonchev–Trinajstić information content (AvgIpc) is 2.37. The van der Waals surface area contributed by atoms with Gasteiger partial charge in [0.25, 0.3) is 5.91 Å². The molecule has 0 fully saturated rings. The Labute approximate surface area is 147 Å². The Hall–Kier alpha value is -1.11. The lowest BCUT2D eigenvalue weighted by Crippen LogP contribution is -2.41. The molecule has 0 aliphatic heterocycles. The Morgan fingerprint density at radius 1 is 1.29 bits per heavy atom. The number of carbonyl (C=O) groups is 3. The standard InChI is InChI=1S/C12H12I2N2O5/c13-5-3-6(10(18)7(14)4-5)11(19)16-8(12(20)21)1-2-9(15)17/h3-4,8,18H,1-2H2,(H2,15,17)(H,16,19)(H,20,21)/t8-/m1/s1. The van der Waals surface area contributed by atoms with Crippen molar-refractivity contribution in [2.45, 2.75) is 18.9 Å². The van der Waals surface area contributed by atoms with Crippen LogP contribution < -0.4 is 11.1 Å². The monoisotopic (exact) mass is 518 g/mol. The van der Waals surface area contributed by atoms with Gasteiger partial charge in [0.1, 0.15) is 11.8 Å². The largest absolute Gasteiger partial charge is 0.506 e. The Kier molecular flexibility index (Phi) is 6.64.